The van der Waals surface area contributed by atoms with Crippen molar-refractivity contribution in [3.8, 4) is 0 Å². The lowest BCUT2D eigenvalue weighted by atomic mass is 10.2. The van der Waals surface area contributed by atoms with Crippen LogP contribution in [0.1, 0.15) is 0 Å². The van der Waals surface area contributed by atoms with E-state index in [1.807, 2.05) is 24.3 Å². The van der Waals surface area contributed by atoms with Gasteiger partial charge in [-0.3, -0.25) is 0 Å². The fourth-order valence-electron chi connectivity index (χ4n) is 2.00. The standard InChI is InChI=1S/C11H16ClN2O3P/c1-17-18(15,16)14-7-5-13(6-8-14)11-4-2-3-10(12)9-11/h2-4,9H,5-8H2,1H3,(H,15,16). The van der Waals surface area contributed by atoms with Crippen molar-refractivity contribution in [1.29, 1.82) is 0 Å². The second-order valence-electron chi connectivity index (χ2n) is 4.09. The first-order chi connectivity index (χ1) is 8.53. The number of halogens is 1. The zero-order valence-corrected chi connectivity index (χ0v) is 11.8. The monoisotopic (exact) mass is 290 g/mol. The topological polar surface area (TPSA) is 53.0 Å². The van der Waals surface area contributed by atoms with Gasteiger partial charge in [-0.2, -0.15) is 0 Å². The highest BCUT2D eigenvalue weighted by molar-refractivity contribution is 7.50. The van der Waals surface area contributed by atoms with Crippen molar-refractivity contribution in [3.63, 3.8) is 0 Å². The van der Waals surface area contributed by atoms with Crippen LogP contribution in [0.4, 0.5) is 5.69 Å². The van der Waals surface area contributed by atoms with Crippen molar-refractivity contribution in [3.05, 3.63) is 29.3 Å². The second-order valence-corrected chi connectivity index (χ2v) is 6.44. The van der Waals surface area contributed by atoms with E-state index in [0.717, 1.165) is 5.69 Å². The summed E-state index contributed by atoms with van der Waals surface area (Å²) in [5, 5.41) is 0.694. The van der Waals surface area contributed by atoms with Gasteiger partial charge in [0.1, 0.15) is 0 Å². The minimum absolute atomic E-state index is 0.494. The molecule has 1 aromatic carbocycles. The molecule has 1 unspecified atom stereocenters. The van der Waals surface area contributed by atoms with Crippen LogP contribution in [0.25, 0.3) is 0 Å². The van der Waals surface area contributed by atoms with Crippen LogP contribution in [0.15, 0.2) is 24.3 Å². The Morgan fingerprint density at radius 2 is 2.00 bits per heavy atom. The second kappa shape index (κ2) is 5.59. The summed E-state index contributed by atoms with van der Waals surface area (Å²) in [5.74, 6) is 0. The van der Waals surface area contributed by atoms with Gasteiger partial charge in [0.15, 0.2) is 0 Å². The first kappa shape index (κ1) is 13.8. The van der Waals surface area contributed by atoms with Crippen LogP contribution in [-0.2, 0) is 9.09 Å². The lowest BCUT2D eigenvalue weighted by molar-refractivity contribution is 0.229. The molecule has 1 atom stereocenters. The Hall–Kier alpha value is -0.580. The van der Waals surface area contributed by atoms with E-state index in [0.29, 0.717) is 31.2 Å². The van der Waals surface area contributed by atoms with E-state index in [9.17, 15) is 9.46 Å². The van der Waals surface area contributed by atoms with E-state index in [1.165, 1.54) is 11.8 Å². The van der Waals surface area contributed by atoms with Crippen molar-refractivity contribution in [2.75, 3.05) is 38.2 Å². The molecule has 1 aromatic rings. The number of hydrogen-bond acceptors (Lipinski definition) is 3. The Morgan fingerprint density at radius 1 is 1.33 bits per heavy atom. The first-order valence-electron chi connectivity index (χ1n) is 5.67. The predicted molar refractivity (Wildman–Crippen MR) is 72.1 cm³/mol. The average molecular weight is 291 g/mol. The van der Waals surface area contributed by atoms with Gasteiger partial charge in [0, 0.05) is 44.0 Å². The Bertz CT molecular complexity index is 463. The van der Waals surface area contributed by atoms with E-state index in [1.54, 1.807) is 0 Å². The molecule has 0 saturated carbocycles. The molecule has 18 heavy (non-hydrogen) atoms. The molecule has 1 heterocycles. The molecular formula is C11H16ClN2O3P. The number of anilines is 1. The average Bonchev–Trinajstić information content (AvgIpc) is 2.39. The number of hydrogen-bond donors (Lipinski definition) is 1. The van der Waals surface area contributed by atoms with E-state index in [2.05, 4.69) is 9.42 Å². The molecule has 0 aliphatic carbocycles. The lowest BCUT2D eigenvalue weighted by Crippen LogP contribution is -2.44. The Kier molecular flexibility index (Phi) is 4.30. The molecule has 5 nitrogen and oxygen atoms in total. The molecule has 1 aliphatic rings. The van der Waals surface area contributed by atoms with Gasteiger partial charge in [0.25, 0.3) is 0 Å². The maximum Gasteiger partial charge on any atom is 0.405 e. The first-order valence-corrected chi connectivity index (χ1v) is 7.58. The molecule has 1 aliphatic heterocycles. The summed E-state index contributed by atoms with van der Waals surface area (Å²) < 4.78 is 17.8. The summed E-state index contributed by atoms with van der Waals surface area (Å²) >= 11 is 5.95. The summed E-state index contributed by atoms with van der Waals surface area (Å²) in [6, 6.07) is 7.60. The summed E-state index contributed by atoms with van der Waals surface area (Å²) in [5.41, 5.74) is 1.03. The zero-order chi connectivity index (χ0) is 13.2. The normalized spacial score (nSPS) is 20.7. The van der Waals surface area contributed by atoms with E-state index in [-0.39, 0.29) is 0 Å². The van der Waals surface area contributed by atoms with Crippen LogP contribution in [0.3, 0.4) is 0 Å². The van der Waals surface area contributed by atoms with Crippen molar-refractivity contribution >= 4 is 25.0 Å². The number of nitrogens with zero attached hydrogens (tertiary/aromatic N) is 2. The molecule has 0 radical (unpaired) electrons. The fraction of sp³-hybridized carbons (Fsp3) is 0.455. The Morgan fingerprint density at radius 3 is 2.56 bits per heavy atom. The van der Waals surface area contributed by atoms with Gasteiger partial charge in [-0.1, -0.05) is 17.7 Å². The van der Waals surface area contributed by atoms with Crippen molar-refractivity contribution in [2.45, 2.75) is 0 Å². The SMILES string of the molecule is COP(=O)(O)N1CCN(c2cccc(Cl)c2)CC1. The highest BCUT2D eigenvalue weighted by atomic mass is 35.5. The molecule has 1 fully saturated rings. The molecule has 0 amide bonds. The number of benzene rings is 1. The van der Waals surface area contributed by atoms with Crippen molar-refractivity contribution < 1.29 is 14.0 Å². The highest BCUT2D eigenvalue weighted by Gasteiger charge is 2.31. The summed E-state index contributed by atoms with van der Waals surface area (Å²) in [7, 11) is -2.34. The summed E-state index contributed by atoms with van der Waals surface area (Å²) in [6.07, 6.45) is 0. The molecular weight excluding hydrogens is 275 g/mol. The molecule has 2 rings (SSSR count). The zero-order valence-electron chi connectivity index (χ0n) is 10.1. The summed E-state index contributed by atoms with van der Waals surface area (Å²) in [6.45, 7) is 2.34. The molecule has 100 valence electrons. The smallest absolute Gasteiger partial charge is 0.369 e. The summed E-state index contributed by atoms with van der Waals surface area (Å²) in [4.78, 5) is 11.7. The quantitative estimate of drug-likeness (QED) is 0.865. The highest BCUT2D eigenvalue weighted by Crippen LogP contribution is 2.45. The maximum atomic E-state index is 11.7. The van der Waals surface area contributed by atoms with Gasteiger partial charge >= 0.3 is 7.75 Å². The molecule has 1 N–H and O–H groups in total. The van der Waals surface area contributed by atoms with Gasteiger partial charge in [0.05, 0.1) is 0 Å². The van der Waals surface area contributed by atoms with Crippen LogP contribution in [0.2, 0.25) is 5.02 Å². The third kappa shape index (κ3) is 3.05. The third-order valence-corrected chi connectivity index (χ3v) is 4.85. The van der Waals surface area contributed by atoms with Crippen LogP contribution in [-0.4, -0.2) is 42.9 Å². The van der Waals surface area contributed by atoms with Gasteiger partial charge in [-0.05, 0) is 18.2 Å². The maximum absolute atomic E-state index is 11.7. The minimum atomic E-state index is -3.60. The Labute approximate surface area is 112 Å². The van der Waals surface area contributed by atoms with Gasteiger partial charge in [-0.15, -0.1) is 0 Å². The van der Waals surface area contributed by atoms with Crippen LogP contribution in [0.5, 0.6) is 0 Å². The van der Waals surface area contributed by atoms with Crippen LogP contribution >= 0.6 is 19.3 Å². The van der Waals surface area contributed by atoms with Gasteiger partial charge in [0.2, 0.25) is 0 Å². The number of rotatable bonds is 3. The van der Waals surface area contributed by atoms with Gasteiger partial charge < -0.3 is 14.3 Å². The van der Waals surface area contributed by atoms with E-state index >= 15 is 0 Å². The van der Waals surface area contributed by atoms with E-state index in [4.69, 9.17) is 11.6 Å². The minimum Gasteiger partial charge on any atom is -0.369 e. The van der Waals surface area contributed by atoms with Gasteiger partial charge in [-0.25, -0.2) is 9.24 Å². The van der Waals surface area contributed by atoms with Crippen LogP contribution in [0, 0.1) is 0 Å². The predicted octanol–water partition coefficient (Wildman–Crippen LogP) is 2.21. The van der Waals surface area contributed by atoms with E-state index < -0.39 is 7.75 Å². The van der Waals surface area contributed by atoms with Crippen molar-refractivity contribution in [1.82, 2.24) is 4.67 Å². The molecule has 0 bridgehead atoms. The molecule has 7 heteroatoms. The Balaban J connectivity index is 2.01. The molecule has 0 spiro atoms. The number of piperazine rings is 1. The molecule has 1 saturated heterocycles. The fourth-order valence-corrected chi connectivity index (χ4v) is 3.09. The van der Waals surface area contributed by atoms with Crippen LogP contribution < -0.4 is 4.90 Å². The third-order valence-electron chi connectivity index (χ3n) is 3.02. The lowest BCUT2D eigenvalue weighted by Gasteiger charge is -2.36. The largest absolute Gasteiger partial charge is 0.405 e. The molecule has 0 aromatic heterocycles. The van der Waals surface area contributed by atoms with Crippen molar-refractivity contribution in [2.24, 2.45) is 0 Å².